The molecule has 2 aromatic rings. The van der Waals surface area contributed by atoms with E-state index >= 15 is 0 Å². The minimum absolute atomic E-state index is 1.04. The Morgan fingerprint density at radius 3 is 2.67 bits per heavy atom. The Labute approximate surface area is 108 Å². The molecule has 1 aromatic carbocycles. The molecule has 0 aliphatic carbocycles. The molecule has 0 N–H and O–H groups in total. The summed E-state index contributed by atoms with van der Waals surface area (Å²) in [4.78, 5) is 9.34. The highest BCUT2D eigenvalue weighted by atomic mass is 15.2. The van der Waals surface area contributed by atoms with E-state index in [9.17, 15) is 0 Å². The van der Waals surface area contributed by atoms with Crippen LogP contribution < -0.4 is 0 Å². The number of aromatic nitrogens is 1. The Morgan fingerprint density at radius 1 is 1.06 bits per heavy atom. The SMILES string of the molecule is CN1CCN(Cc2ccnc3ccccc23)CC1. The summed E-state index contributed by atoms with van der Waals surface area (Å²) in [6.07, 6.45) is 1.92. The van der Waals surface area contributed by atoms with Crippen molar-refractivity contribution in [2.75, 3.05) is 33.2 Å². The molecule has 1 aliphatic heterocycles. The molecule has 0 saturated carbocycles. The summed E-state index contributed by atoms with van der Waals surface area (Å²) >= 11 is 0. The normalized spacial score (nSPS) is 18.3. The van der Waals surface area contributed by atoms with E-state index in [1.54, 1.807) is 0 Å². The van der Waals surface area contributed by atoms with Crippen LogP contribution in [0.4, 0.5) is 0 Å². The Bertz CT molecular complexity index is 525. The third kappa shape index (κ3) is 2.37. The van der Waals surface area contributed by atoms with Gasteiger partial charge in [-0.15, -0.1) is 0 Å². The van der Waals surface area contributed by atoms with Crippen molar-refractivity contribution < 1.29 is 0 Å². The fraction of sp³-hybridized carbons (Fsp3) is 0.400. The average molecular weight is 241 g/mol. The number of rotatable bonds is 2. The summed E-state index contributed by atoms with van der Waals surface area (Å²) < 4.78 is 0. The molecule has 0 bridgehead atoms. The summed E-state index contributed by atoms with van der Waals surface area (Å²) in [5.74, 6) is 0. The van der Waals surface area contributed by atoms with Crippen LogP contribution in [0, 0.1) is 0 Å². The van der Waals surface area contributed by atoms with Gasteiger partial charge in [-0.25, -0.2) is 0 Å². The van der Waals surface area contributed by atoms with E-state index in [1.807, 2.05) is 6.20 Å². The van der Waals surface area contributed by atoms with Crippen LogP contribution in [0.1, 0.15) is 5.56 Å². The lowest BCUT2D eigenvalue weighted by atomic mass is 10.1. The standard InChI is InChI=1S/C15H19N3/c1-17-8-10-18(11-9-17)12-13-6-7-16-15-5-3-2-4-14(13)15/h2-7H,8-12H2,1H3. The molecule has 1 aliphatic rings. The highest BCUT2D eigenvalue weighted by Gasteiger charge is 2.14. The van der Waals surface area contributed by atoms with Gasteiger partial charge in [0.15, 0.2) is 0 Å². The van der Waals surface area contributed by atoms with Gasteiger partial charge in [-0.2, -0.15) is 0 Å². The van der Waals surface area contributed by atoms with Gasteiger partial charge in [0, 0.05) is 44.3 Å². The van der Waals surface area contributed by atoms with E-state index in [4.69, 9.17) is 0 Å². The second-order valence-electron chi connectivity index (χ2n) is 5.07. The minimum atomic E-state index is 1.04. The number of fused-ring (bicyclic) bond motifs is 1. The molecule has 3 heteroatoms. The third-order valence-corrected chi connectivity index (χ3v) is 3.73. The predicted octanol–water partition coefficient (Wildman–Crippen LogP) is 1.98. The predicted molar refractivity (Wildman–Crippen MR) is 74.5 cm³/mol. The van der Waals surface area contributed by atoms with Crippen molar-refractivity contribution in [3.05, 3.63) is 42.1 Å². The molecule has 0 radical (unpaired) electrons. The first kappa shape index (κ1) is 11.6. The van der Waals surface area contributed by atoms with Gasteiger partial charge in [-0.3, -0.25) is 9.88 Å². The van der Waals surface area contributed by atoms with Crippen molar-refractivity contribution >= 4 is 10.9 Å². The Morgan fingerprint density at radius 2 is 1.83 bits per heavy atom. The topological polar surface area (TPSA) is 19.4 Å². The molecule has 2 heterocycles. The lowest BCUT2D eigenvalue weighted by molar-refractivity contribution is 0.148. The number of para-hydroxylation sites is 1. The van der Waals surface area contributed by atoms with Gasteiger partial charge in [0.25, 0.3) is 0 Å². The largest absolute Gasteiger partial charge is 0.304 e. The van der Waals surface area contributed by atoms with Crippen LogP contribution in [-0.2, 0) is 6.54 Å². The minimum Gasteiger partial charge on any atom is -0.304 e. The lowest BCUT2D eigenvalue weighted by Gasteiger charge is -2.32. The number of piperazine rings is 1. The zero-order valence-electron chi connectivity index (χ0n) is 10.8. The molecule has 3 rings (SSSR count). The van der Waals surface area contributed by atoms with Crippen LogP contribution in [-0.4, -0.2) is 48.0 Å². The molecule has 1 saturated heterocycles. The smallest absolute Gasteiger partial charge is 0.0705 e. The molecule has 0 spiro atoms. The van der Waals surface area contributed by atoms with Crippen molar-refractivity contribution in [2.24, 2.45) is 0 Å². The van der Waals surface area contributed by atoms with Crippen molar-refractivity contribution in [3.8, 4) is 0 Å². The van der Waals surface area contributed by atoms with Crippen molar-refractivity contribution in [2.45, 2.75) is 6.54 Å². The number of pyridine rings is 1. The summed E-state index contributed by atoms with van der Waals surface area (Å²) in [5, 5.41) is 1.29. The fourth-order valence-corrected chi connectivity index (χ4v) is 2.54. The van der Waals surface area contributed by atoms with Crippen molar-refractivity contribution in [3.63, 3.8) is 0 Å². The molecule has 1 fully saturated rings. The second-order valence-corrected chi connectivity index (χ2v) is 5.07. The maximum Gasteiger partial charge on any atom is 0.0705 e. The summed E-state index contributed by atoms with van der Waals surface area (Å²) in [7, 11) is 2.19. The van der Waals surface area contributed by atoms with Crippen molar-refractivity contribution in [1.82, 2.24) is 14.8 Å². The first-order valence-electron chi connectivity index (χ1n) is 6.56. The summed E-state index contributed by atoms with van der Waals surface area (Å²) in [6.45, 7) is 5.70. The summed E-state index contributed by atoms with van der Waals surface area (Å²) in [6, 6.07) is 10.6. The first-order valence-corrected chi connectivity index (χ1v) is 6.56. The molecule has 0 unspecified atom stereocenters. The van der Waals surface area contributed by atoms with E-state index in [0.717, 1.165) is 25.2 Å². The van der Waals surface area contributed by atoms with Gasteiger partial charge in [0.1, 0.15) is 0 Å². The zero-order chi connectivity index (χ0) is 12.4. The molecule has 1 aromatic heterocycles. The quantitative estimate of drug-likeness (QED) is 0.801. The molecule has 94 valence electrons. The van der Waals surface area contributed by atoms with E-state index in [1.165, 1.54) is 24.0 Å². The lowest BCUT2D eigenvalue weighted by Crippen LogP contribution is -2.43. The molecule has 18 heavy (non-hydrogen) atoms. The average Bonchev–Trinajstić information content (AvgIpc) is 2.42. The number of nitrogens with zero attached hydrogens (tertiary/aromatic N) is 3. The van der Waals surface area contributed by atoms with Gasteiger partial charge in [0.2, 0.25) is 0 Å². The molecule has 0 amide bonds. The van der Waals surface area contributed by atoms with Crippen LogP contribution >= 0.6 is 0 Å². The molecule has 0 atom stereocenters. The maximum absolute atomic E-state index is 4.42. The van der Waals surface area contributed by atoms with E-state index < -0.39 is 0 Å². The highest BCUT2D eigenvalue weighted by molar-refractivity contribution is 5.81. The van der Waals surface area contributed by atoms with Gasteiger partial charge in [-0.05, 0) is 24.7 Å². The van der Waals surface area contributed by atoms with Crippen LogP contribution in [0.5, 0.6) is 0 Å². The highest BCUT2D eigenvalue weighted by Crippen LogP contribution is 2.18. The van der Waals surface area contributed by atoms with Crippen LogP contribution in [0.3, 0.4) is 0 Å². The molecular formula is C15H19N3. The third-order valence-electron chi connectivity index (χ3n) is 3.73. The number of benzene rings is 1. The van der Waals surface area contributed by atoms with Crippen LogP contribution in [0.25, 0.3) is 10.9 Å². The van der Waals surface area contributed by atoms with E-state index in [2.05, 4.69) is 52.2 Å². The van der Waals surface area contributed by atoms with Crippen LogP contribution in [0.15, 0.2) is 36.5 Å². The Balaban J connectivity index is 1.82. The fourth-order valence-electron chi connectivity index (χ4n) is 2.54. The number of hydrogen-bond acceptors (Lipinski definition) is 3. The van der Waals surface area contributed by atoms with Gasteiger partial charge in [-0.1, -0.05) is 18.2 Å². The van der Waals surface area contributed by atoms with Crippen molar-refractivity contribution in [1.29, 1.82) is 0 Å². The summed E-state index contributed by atoms with van der Waals surface area (Å²) in [5.41, 5.74) is 2.49. The first-order chi connectivity index (χ1) is 8.83. The maximum atomic E-state index is 4.42. The molecular weight excluding hydrogens is 222 g/mol. The second kappa shape index (κ2) is 5.04. The van der Waals surface area contributed by atoms with E-state index in [0.29, 0.717) is 0 Å². The Hall–Kier alpha value is -1.45. The Kier molecular flexibility index (Phi) is 3.26. The number of likely N-dealkylation sites (N-methyl/N-ethyl adjacent to an activating group) is 1. The van der Waals surface area contributed by atoms with E-state index in [-0.39, 0.29) is 0 Å². The van der Waals surface area contributed by atoms with Gasteiger partial charge >= 0.3 is 0 Å². The van der Waals surface area contributed by atoms with Gasteiger partial charge in [0.05, 0.1) is 5.52 Å². The zero-order valence-corrected chi connectivity index (χ0v) is 10.8. The molecule has 3 nitrogen and oxygen atoms in total. The van der Waals surface area contributed by atoms with Crippen LogP contribution in [0.2, 0.25) is 0 Å². The monoisotopic (exact) mass is 241 g/mol. The van der Waals surface area contributed by atoms with Gasteiger partial charge < -0.3 is 4.90 Å². The number of hydrogen-bond donors (Lipinski definition) is 0.